The van der Waals surface area contributed by atoms with Crippen LogP contribution in [0.2, 0.25) is 0 Å². The molecule has 2 aromatic carbocycles. The van der Waals surface area contributed by atoms with Crippen LogP contribution in [0.25, 0.3) is 0 Å². The monoisotopic (exact) mass is 606 g/mol. The van der Waals surface area contributed by atoms with Crippen molar-refractivity contribution in [1.82, 2.24) is 5.32 Å². The van der Waals surface area contributed by atoms with Crippen LogP contribution in [0, 0.1) is 13.8 Å². The molecule has 0 saturated heterocycles. The highest BCUT2D eigenvalue weighted by atomic mass is 16.6. The van der Waals surface area contributed by atoms with Crippen molar-refractivity contribution in [2.75, 3.05) is 24.5 Å². The predicted molar refractivity (Wildman–Crippen MR) is 188 cm³/mol. The first-order valence-corrected chi connectivity index (χ1v) is 16.9. The summed E-state index contributed by atoms with van der Waals surface area (Å²) in [4.78, 5) is 15.4. The Labute approximate surface area is 271 Å². The van der Waals surface area contributed by atoms with Crippen LogP contribution < -0.4 is 10.2 Å². The van der Waals surface area contributed by atoms with Crippen molar-refractivity contribution >= 4 is 23.2 Å². The van der Waals surface area contributed by atoms with E-state index in [1.165, 1.54) is 45.0 Å². The molecular weight excluding hydrogens is 554 g/mol. The number of anilines is 1. The molecule has 3 aliphatic rings. The van der Waals surface area contributed by atoms with E-state index in [1.54, 1.807) is 0 Å². The third kappa shape index (κ3) is 6.06. The lowest BCUT2D eigenvalue weighted by atomic mass is 9.80. The van der Waals surface area contributed by atoms with E-state index in [9.17, 15) is 4.79 Å². The summed E-state index contributed by atoms with van der Waals surface area (Å²) in [6, 6.07) is 13.5. The van der Waals surface area contributed by atoms with Gasteiger partial charge in [-0.05, 0) is 102 Å². The van der Waals surface area contributed by atoms with Crippen molar-refractivity contribution in [3.05, 3.63) is 106 Å². The quantitative estimate of drug-likeness (QED) is 0.228. The smallest absolute Gasteiger partial charge is 0.410 e. The lowest BCUT2D eigenvalue weighted by Gasteiger charge is -2.26. The number of carbonyl (C=O) groups excluding carboxylic acids is 1. The van der Waals surface area contributed by atoms with E-state index in [1.807, 2.05) is 0 Å². The molecule has 5 heteroatoms. The van der Waals surface area contributed by atoms with Gasteiger partial charge in [-0.25, -0.2) is 4.79 Å². The molecule has 1 aliphatic carbocycles. The van der Waals surface area contributed by atoms with E-state index in [0.29, 0.717) is 12.3 Å². The SMILES string of the molecule is CCCCNC(=O)OC1=C(/C=C/C2=[N+](CC)c3ccc(C)cc3C2(C)C)CC/C1=C\C=C1\N(CC)c2ccc(C)cc2C1(C)C. The minimum Gasteiger partial charge on any atom is -0.410 e. The fourth-order valence-corrected chi connectivity index (χ4v) is 7.27. The molecule has 1 N–H and O–H groups in total. The van der Waals surface area contributed by atoms with Gasteiger partial charge in [0.25, 0.3) is 0 Å². The van der Waals surface area contributed by atoms with Gasteiger partial charge in [0, 0.05) is 47.6 Å². The number of nitrogens with one attached hydrogen (secondary N) is 1. The van der Waals surface area contributed by atoms with E-state index >= 15 is 0 Å². The number of rotatable bonds is 9. The average molecular weight is 607 g/mol. The Morgan fingerprint density at radius 1 is 0.933 bits per heavy atom. The maximum absolute atomic E-state index is 13.0. The molecule has 0 atom stereocenters. The molecule has 0 unspecified atom stereocenters. The number of ether oxygens (including phenoxy) is 1. The highest BCUT2D eigenvalue weighted by Gasteiger charge is 2.44. The number of fused-ring (bicyclic) bond motifs is 2. The first kappa shape index (κ1) is 32.5. The summed E-state index contributed by atoms with van der Waals surface area (Å²) in [6.07, 6.45) is 12.1. The number of benzene rings is 2. The number of hydrogen-bond acceptors (Lipinski definition) is 3. The van der Waals surface area contributed by atoms with Crippen LogP contribution in [0.4, 0.5) is 16.2 Å². The maximum atomic E-state index is 13.0. The number of likely N-dealkylation sites (N-methyl/N-ethyl adjacent to an activating group) is 1. The molecule has 0 spiro atoms. The number of aryl methyl sites for hydroxylation is 2. The van der Waals surface area contributed by atoms with Crippen molar-refractivity contribution in [2.45, 2.75) is 98.8 Å². The van der Waals surface area contributed by atoms with Gasteiger partial charge in [0.1, 0.15) is 12.3 Å². The minimum absolute atomic E-state index is 0.125. The Morgan fingerprint density at radius 3 is 2.33 bits per heavy atom. The fraction of sp³-hybridized carbons (Fsp3) is 0.450. The summed E-state index contributed by atoms with van der Waals surface area (Å²) in [5.41, 5.74) is 12.2. The lowest BCUT2D eigenvalue weighted by molar-refractivity contribution is -0.433. The second kappa shape index (κ2) is 12.9. The molecule has 2 aromatic rings. The molecule has 0 saturated carbocycles. The standard InChI is InChI=1S/C40H51N3O2/c1-10-13-24-41-38(44)45-37-29(18-22-35-39(6,7)31-25-27(4)14-20-33(31)42(35)11-2)16-17-30(37)19-23-36-40(8,9)32-26-28(5)15-21-34(32)43(36)12-3/h14-15,18-23,25-26H,10-13,16-17,24H2,1-9H3/p+1. The third-order valence-corrected chi connectivity index (χ3v) is 9.85. The number of unbranched alkanes of at least 4 members (excludes halogenated alkanes) is 1. The molecule has 238 valence electrons. The van der Waals surface area contributed by atoms with Crippen LogP contribution >= 0.6 is 0 Å². The zero-order valence-corrected chi connectivity index (χ0v) is 28.9. The number of alkyl carbamates (subject to hydrolysis) is 1. The Balaban J connectivity index is 1.53. The summed E-state index contributed by atoms with van der Waals surface area (Å²) in [5.74, 6) is 0.692. The molecule has 5 nitrogen and oxygen atoms in total. The topological polar surface area (TPSA) is 44.6 Å². The normalized spacial score (nSPS) is 20.2. The van der Waals surface area contributed by atoms with Gasteiger partial charge in [-0.15, -0.1) is 0 Å². The van der Waals surface area contributed by atoms with Crippen LogP contribution in [0.15, 0.2) is 83.3 Å². The first-order valence-electron chi connectivity index (χ1n) is 16.9. The molecular formula is C40H52N3O2+. The summed E-state index contributed by atoms with van der Waals surface area (Å²) in [5, 5.41) is 2.96. The number of allylic oxidation sites excluding steroid dienone is 7. The zero-order valence-electron chi connectivity index (χ0n) is 28.9. The molecule has 0 aromatic heterocycles. The maximum Gasteiger partial charge on any atom is 0.412 e. The van der Waals surface area contributed by atoms with Crippen LogP contribution in [0.5, 0.6) is 0 Å². The van der Waals surface area contributed by atoms with Gasteiger partial charge in [0.05, 0.1) is 5.41 Å². The minimum atomic E-state index is -0.379. The van der Waals surface area contributed by atoms with Crippen molar-refractivity contribution in [3.8, 4) is 0 Å². The Morgan fingerprint density at radius 2 is 1.64 bits per heavy atom. The van der Waals surface area contributed by atoms with Gasteiger partial charge in [-0.1, -0.05) is 62.6 Å². The molecule has 5 rings (SSSR count). The fourth-order valence-electron chi connectivity index (χ4n) is 7.27. The number of carbonyl (C=O) groups is 1. The van der Waals surface area contributed by atoms with Gasteiger partial charge >= 0.3 is 6.09 Å². The number of nitrogens with zero attached hydrogens (tertiary/aromatic N) is 2. The van der Waals surface area contributed by atoms with Crippen LogP contribution in [0.1, 0.15) is 96.4 Å². The van der Waals surface area contributed by atoms with Crippen molar-refractivity contribution in [1.29, 1.82) is 0 Å². The summed E-state index contributed by atoms with van der Waals surface area (Å²) < 4.78 is 8.54. The summed E-state index contributed by atoms with van der Waals surface area (Å²) in [6.45, 7) is 22.5. The Hall–Kier alpha value is -3.86. The van der Waals surface area contributed by atoms with E-state index in [0.717, 1.165) is 49.9 Å². The second-order valence-corrected chi connectivity index (χ2v) is 13.8. The molecule has 2 aliphatic heterocycles. The summed E-state index contributed by atoms with van der Waals surface area (Å²) >= 11 is 0. The largest absolute Gasteiger partial charge is 0.412 e. The Bertz CT molecular complexity index is 1650. The molecule has 45 heavy (non-hydrogen) atoms. The predicted octanol–water partition coefficient (Wildman–Crippen LogP) is 9.46. The van der Waals surface area contributed by atoms with Crippen molar-refractivity contribution in [3.63, 3.8) is 0 Å². The third-order valence-electron chi connectivity index (χ3n) is 9.85. The first-order chi connectivity index (χ1) is 21.4. The van der Waals surface area contributed by atoms with Gasteiger partial charge in [0.15, 0.2) is 5.71 Å². The molecule has 0 fully saturated rings. The van der Waals surface area contributed by atoms with Crippen molar-refractivity contribution in [2.24, 2.45) is 0 Å². The zero-order chi connectivity index (χ0) is 32.5. The van der Waals surface area contributed by atoms with Crippen LogP contribution in [-0.4, -0.2) is 36.0 Å². The van der Waals surface area contributed by atoms with E-state index in [2.05, 4.69) is 138 Å². The highest BCUT2D eigenvalue weighted by Crippen LogP contribution is 2.48. The number of amides is 1. The van der Waals surface area contributed by atoms with Crippen molar-refractivity contribution < 1.29 is 14.1 Å². The van der Waals surface area contributed by atoms with Crippen LogP contribution in [-0.2, 0) is 15.6 Å². The van der Waals surface area contributed by atoms with E-state index in [-0.39, 0.29) is 16.9 Å². The van der Waals surface area contributed by atoms with Gasteiger partial charge in [-0.3, -0.25) is 0 Å². The molecule has 1 amide bonds. The van der Waals surface area contributed by atoms with Crippen LogP contribution in [0.3, 0.4) is 0 Å². The average Bonchev–Trinajstić information content (AvgIpc) is 3.55. The molecule has 0 bridgehead atoms. The summed E-state index contributed by atoms with van der Waals surface area (Å²) in [7, 11) is 0. The molecule has 2 heterocycles. The highest BCUT2D eigenvalue weighted by molar-refractivity contribution is 6.03. The van der Waals surface area contributed by atoms with E-state index in [4.69, 9.17) is 4.74 Å². The molecule has 0 radical (unpaired) electrons. The van der Waals surface area contributed by atoms with E-state index < -0.39 is 0 Å². The lowest BCUT2D eigenvalue weighted by Crippen LogP contribution is -2.27. The Kier molecular flexibility index (Phi) is 9.30. The number of hydrogen-bond donors (Lipinski definition) is 1. The van der Waals surface area contributed by atoms with Gasteiger partial charge in [0.2, 0.25) is 5.69 Å². The second-order valence-electron chi connectivity index (χ2n) is 13.8. The van der Waals surface area contributed by atoms with Gasteiger partial charge in [-0.2, -0.15) is 4.58 Å². The van der Waals surface area contributed by atoms with Gasteiger partial charge < -0.3 is 15.0 Å².